The lowest BCUT2D eigenvalue weighted by molar-refractivity contribution is -0.122. The van der Waals surface area contributed by atoms with Gasteiger partial charge in [0, 0.05) is 6.07 Å². The minimum atomic E-state index is -0.891. The number of nitrogens with one attached hydrogen (secondary N) is 2. The largest absolute Gasteiger partial charge is 0.490 e. The van der Waals surface area contributed by atoms with Crippen LogP contribution in [0, 0.1) is 0 Å². The molecule has 1 aliphatic rings. The van der Waals surface area contributed by atoms with Crippen LogP contribution in [-0.2, 0) is 14.4 Å². The van der Waals surface area contributed by atoms with Crippen molar-refractivity contribution in [2.24, 2.45) is 0 Å². The van der Waals surface area contributed by atoms with Crippen LogP contribution in [0.3, 0.4) is 0 Å². The van der Waals surface area contributed by atoms with E-state index in [2.05, 4.69) is 42.5 Å². The third-order valence-corrected chi connectivity index (χ3v) is 7.38. The van der Waals surface area contributed by atoms with Crippen LogP contribution in [0.4, 0.5) is 16.2 Å². The van der Waals surface area contributed by atoms with Gasteiger partial charge in [0.2, 0.25) is 0 Å². The number of amides is 5. The maximum absolute atomic E-state index is 13.5. The molecule has 43 heavy (non-hydrogen) atoms. The highest BCUT2D eigenvalue weighted by atomic mass is 79.9. The molecule has 224 valence electrons. The van der Waals surface area contributed by atoms with Gasteiger partial charge < -0.3 is 19.5 Å². The van der Waals surface area contributed by atoms with Gasteiger partial charge >= 0.3 is 6.03 Å². The summed E-state index contributed by atoms with van der Waals surface area (Å²) in [5, 5.41) is 5.28. The van der Waals surface area contributed by atoms with Crippen LogP contribution in [0.2, 0.25) is 5.02 Å². The summed E-state index contributed by atoms with van der Waals surface area (Å²) < 4.78 is 17.9. The Kier molecular flexibility index (Phi) is 10.8. The van der Waals surface area contributed by atoms with Crippen LogP contribution in [0.1, 0.15) is 25.8 Å². The van der Waals surface area contributed by atoms with Crippen molar-refractivity contribution in [3.05, 3.63) is 79.7 Å². The SMILES string of the molecule is CCCOc1ccc(N2C(=O)NC(=O)/C(=C\c3cc(Br)c(OCC(=O)Nc4ccccc4Cl)c(Br)c3)C2=O)cc1OCC. The van der Waals surface area contributed by atoms with Gasteiger partial charge in [-0.15, -0.1) is 0 Å². The van der Waals surface area contributed by atoms with Gasteiger partial charge in [-0.05, 0) is 93.2 Å². The number of ether oxygens (including phenoxy) is 3. The number of benzene rings is 3. The molecule has 1 saturated heterocycles. The molecule has 0 bridgehead atoms. The second-order valence-electron chi connectivity index (χ2n) is 9.00. The van der Waals surface area contributed by atoms with E-state index in [-0.39, 0.29) is 17.9 Å². The molecule has 13 heteroatoms. The van der Waals surface area contributed by atoms with E-state index in [4.69, 9.17) is 25.8 Å². The van der Waals surface area contributed by atoms with E-state index in [9.17, 15) is 19.2 Å². The predicted molar refractivity (Wildman–Crippen MR) is 170 cm³/mol. The minimum absolute atomic E-state index is 0.203. The zero-order valence-corrected chi connectivity index (χ0v) is 27.0. The molecule has 1 aliphatic heterocycles. The van der Waals surface area contributed by atoms with E-state index in [0.29, 0.717) is 55.7 Å². The Morgan fingerprint density at radius 2 is 1.70 bits per heavy atom. The Balaban J connectivity index is 1.55. The Bertz CT molecular complexity index is 1590. The predicted octanol–water partition coefficient (Wildman–Crippen LogP) is 6.74. The monoisotopic (exact) mass is 733 g/mol. The molecule has 3 aromatic carbocycles. The number of hydrogen-bond acceptors (Lipinski definition) is 7. The fourth-order valence-corrected chi connectivity index (χ4v) is 5.62. The Labute approximate surface area is 269 Å². The molecule has 1 fully saturated rings. The zero-order valence-electron chi connectivity index (χ0n) is 23.0. The number of urea groups is 1. The molecule has 4 rings (SSSR count). The number of nitrogens with zero attached hydrogens (tertiary/aromatic N) is 1. The fraction of sp³-hybridized carbons (Fsp3) is 0.200. The summed E-state index contributed by atoms with van der Waals surface area (Å²) in [4.78, 5) is 52.2. The highest BCUT2D eigenvalue weighted by Gasteiger charge is 2.37. The minimum Gasteiger partial charge on any atom is -0.490 e. The van der Waals surface area contributed by atoms with Crippen molar-refractivity contribution in [3.8, 4) is 17.2 Å². The van der Waals surface area contributed by atoms with Gasteiger partial charge in [0.15, 0.2) is 18.1 Å². The smallest absolute Gasteiger partial charge is 0.335 e. The summed E-state index contributed by atoms with van der Waals surface area (Å²) in [5.41, 5.74) is 0.832. The van der Waals surface area contributed by atoms with Crippen LogP contribution in [0.15, 0.2) is 69.1 Å². The molecule has 0 atom stereocenters. The molecule has 3 aromatic rings. The summed E-state index contributed by atoms with van der Waals surface area (Å²) in [6, 6.07) is 13.8. The molecule has 0 saturated carbocycles. The van der Waals surface area contributed by atoms with Crippen molar-refractivity contribution in [2.45, 2.75) is 20.3 Å². The number of carbonyl (C=O) groups excluding carboxylic acids is 4. The van der Waals surface area contributed by atoms with Crippen molar-refractivity contribution in [2.75, 3.05) is 30.0 Å². The fourth-order valence-electron chi connectivity index (χ4n) is 3.98. The van der Waals surface area contributed by atoms with E-state index in [1.54, 1.807) is 55.5 Å². The van der Waals surface area contributed by atoms with Gasteiger partial charge in [-0.1, -0.05) is 30.7 Å². The molecular formula is C30H26Br2ClN3O7. The average Bonchev–Trinajstić information content (AvgIpc) is 2.95. The molecule has 0 unspecified atom stereocenters. The summed E-state index contributed by atoms with van der Waals surface area (Å²) in [6.07, 6.45) is 2.14. The first-order chi connectivity index (χ1) is 20.6. The lowest BCUT2D eigenvalue weighted by Crippen LogP contribution is -2.54. The van der Waals surface area contributed by atoms with Gasteiger partial charge in [0.1, 0.15) is 11.3 Å². The maximum Gasteiger partial charge on any atom is 0.335 e. The van der Waals surface area contributed by atoms with Crippen molar-refractivity contribution in [1.82, 2.24) is 5.32 Å². The van der Waals surface area contributed by atoms with E-state index in [0.717, 1.165) is 11.3 Å². The van der Waals surface area contributed by atoms with Crippen LogP contribution in [0.5, 0.6) is 17.2 Å². The standard InChI is InChI=1S/C30H26Br2ClN3O7/c1-3-11-42-24-10-9-18(15-25(24)41-4-2)36-29(39)19(28(38)35-30(36)40)12-17-13-20(31)27(21(32)14-17)43-16-26(37)34-23-8-6-5-7-22(23)33/h5-10,12-15H,3-4,11,16H2,1-2H3,(H,34,37)(H,35,38,40)/b19-12+. The molecule has 2 N–H and O–H groups in total. The van der Waals surface area contributed by atoms with Gasteiger partial charge in [0.25, 0.3) is 17.7 Å². The number of barbiturate groups is 1. The van der Waals surface area contributed by atoms with Crippen LogP contribution >= 0.6 is 43.5 Å². The molecule has 5 amide bonds. The average molecular weight is 736 g/mol. The van der Waals surface area contributed by atoms with Crippen molar-refractivity contribution in [3.63, 3.8) is 0 Å². The Morgan fingerprint density at radius 3 is 2.37 bits per heavy atom. The van der Waals surface area contributed by atoms with Crippen molar-refractivity contribution >= 4 is 84.7 Å². The number of para-hydroxylation sites is 1. The van der Waals surface area contributed by atoms with E-state index in [1.807, 2.05) is 6.92 Å². The van der Waals surface area contributed by atoms with Crippen molar-refractivity contribution in [1.29, 1.82) is 0 Å². The van der Waals surface area contributed by atoms with E-state index < -0.39 is 23.8 Å². The number of imide groups is 2. The third-order valence-electron chi connectivity index (χ3n) is 5.88. The molecule has 1 heterocycles. The third kappa shape index (κ3) is 7.75. The molecule has 0 radical (unpaired) electrons. The topological polar surface area (TPSA) is 123 Å². The maximum atomic E-state index is 13.5. The number of carbonyl (C=O) groups is 4. The van der Waals surface area contributed by atoms with Crippen molar-refractivity contribution < 1.29 is 33.4 Å². The lowest BCUT2D eigenvalue weighted by atomic mass is 10.1. The van der Waals surface area contributed by atoms with Gasteiger partial charge in [0.05, 0.1) is 38.6 Å². The normalized spacial score (nSPS) is 14.0. The summed E-state index contributed by atoms with van der Waals surface area (Å²) in [6.45, 7) is 4.26. The van der Waals surface area contributed by atoms with E-state index in [1.165, 1.54) is 12.1 Å². The first-order valence-corrected chi connectivity index (χ1v) is 15.1. The Morgan fingerprint density at radius 1 is 0.977 bits per heavy atom. The second kappa shape index (κ2) is 14.5. The highest BCUT2D eigenvalue weighted by molar-refractivity contribution is 9.11. The summed E-state index contributed by atoms with van der Waals surface area (Å²) >= 11 is 12.9. The number of anilines is 2. The molecular weight excluding hydrogens is 710 g/mol. The molecule has 10 nitrogen and oxygen atoms in total. The van der Waals surface area contributed by atoms with Crippen LogP contribution in [-0.4, -0.2) is 43.6 Å². The van der Waals surface area contributed by atoms with Gasteiger partial charge in [-0.2, -0.15) is 0 Å². The Hall–Kier alpha value is -3.87. The zero-order chi connectivity index (χ0) is 31.1. The van der Waals surface area contributed by atoms with Gasteiger partial charge in [-0.3, -0.25) is 19.7 Å². The molecule has 0 aliphatic carbocycles. The number of rotatable bonds is 11. The summed E-state index contributed by atoms with van der Waals surface area (Å²) in [7, 11) is 0. The number of halogens is 3. The molecule has 0 aromatic heterocycles. The quantitative estimate of drug-likeness (QED) is 0.165. The first kappa shape index (κ1) is 32.1. The second-order valence-corrected chi connectivity index (χ2v) is 11.1. The van der Waals surface area contributed by atoms with Crippen LogP contribution < -0.4 is 29.7 Å². The first-order valence-electron chi connectivity index (χ1n) is 13.1. The van der Waals surface area contributed by atoms with Gasteiger partial charge in [-0.25, -0.2) is 9.69 Å². The highest BCUT2D eigenvalue weighted by Crippen LogP contribution is 2.37. The van der Waals surface area contributed by atoms with E-state index >= 15 is 0 Å². The molecule has 0 spiro atoms. The number of hydrogen-bond donors (Lipinski definition) is 2. The summed E-state index contributed by atoms with van der Waals surface area (Å²) in [5.74, 6) is -0.931. The lowest BCUT2D eigenvalue weighted by Gasteiger charge is -2.27. The van der Waals surface area contributed by atoms with Crippen LogP contribution in [0.25, 0.3) is 6.08 Å².